The van der Waals surface area contributed by atoms with Crippen molar-refractivity contribution in [2.24, 2.45) is 5.92 Å². The summed E-state index contributed by atoms with van der Waals surface area (Å²) in [6, 6.07) is 11.3. The molecule has 1 amide bonds. The summed E-state index contributed by atoms with van der Waals surface area (Å²) in [4.78, 5) is 12.4. The summed E-state index contributed by atoms with van der Waals surface area (Å²) in [5, 5.41) is 3.65. The van der Waals surface area contributed by atoms with E-state index in [0.717, 1.165) is 5.56 Å². The fourth-order valence-corrected chi connectivity index (χ4v) is 2.85. The zero-order valence-electron chi connectivity index (χ0n) is 12.2. The topological polar surface area (TPSA) is 29.1 Å². The molecule has 0 aliphatic rings. The van der Waals surface area contributed by atoms with Crippen molar-refractivity contribution in [1.29, 1.82) is 0 Å². The van der Waals surface area contributed by atoms with Crippen LogP contribution in [-0.4, -0.2) is 5.91 Å². The Morgan fingerprint density at radius 2 is 1.82 bits per heavy atom. The summed E-state index contributed by atoms with van der Waals surface area (Å²) < 4.78 is 13.6. The van der Waals surface area contributed by atoms with Gasteiger partial charge in [-0.2, -0.15) is 0 Å². The molecule has 0 aliphatic carbocycles. The molecule has 0 saturated carbocycles. The number of halogens is 3. The van der Waals surface area contributed by atoms with Crippen molar-refractivity contribution < 1.29 is 9.18 Å². The molecule has 0 fully saturated rings. The first-order valence-electron chi connectivity index (χ1n) is 6.90. The number of hydrogen-bond acceptors (Lipinski definition) is 1. The van der Waals surface area contributed by atoms with Crippen LogP contribution >= 0.6 is 27.5 Å². The molecule has 0 heterocycles. The van der Waals surface area contributed by atoms with Crippen molar-refractivity contribution in [2.75, 3.05) is 0 Å². The molecular weight excluding hydrogens is 369 g/mol. The van der Waals surface area contributed by atoms with Gasteiger partial charge in [-0.15, -0.1) is 0 Å². The number of nitrogens with one attached hydrogen (secondary N) is 1. The molecule has 0 aliphatic heterocycles. The second kappa shape index (κ2) is 7.25. The minimum Gasteiger partial charge on any atom is -0.345 e. The first kappa shape index (κ1) is 17.0. The second-order valence-corrected chi connectivity index (χ2v) is 6.66. The Morgan fingerprint density at radius 1 is 1.18 bits per heavy atom. The first-order valence-corrected chi connectivity index (χ1v) is 8.07. The zero-order valence-corrected chi connectivity index (χ0v) is 14.6. The van der Waals surface area contributed by atoms with Crippen LogP contribution in [-0.2, 0) is 0 Å². The number of benzene rings is 2. The van der Waals surface area contributed by atoms with Gasteiger partial charge in [0.25, 0.3) is 5.91 Å². The van der Waals surface area contributed by atoms with Gasteiger partial charge in [0.05, 0.1) is 11.6 Å². The van der Waals surface area contributed by atoms with E-state index in [0.29, 0.717) is 15.1 Å². The van der Waals surface area contributed by atoms with Gasteiger partial charge >= 0.3 is 0 Å². The highest BCUT2D eigenvalue weighted by atomic mass is 79.9. The SMILES string of the molecule is CC(C)C(NC(=O)c1ccc(F)cc1Br)c1ccc(Cl)cc1. The molecule has 0 aromatic heterocycles. The van der Waals surface area contributed by atoms with Gasteiger partial charge in [0.2, 0.25) is 0 Å². The summed E-state index contributed by atoms with van der Waals surface area (Å²) in [7, 11) is 0. The second-order valence-electron chi connectivity index (χ2n) is 5.37. The average Bonchev–Trinajstić information content (AvgIpc) is 2.45. The number of carbonyl (C=O) groups is 1. The van der Waals surface area contributed by atoms with Crippen LogP contribution in [0.3, 0.4) is 0 Å². The van der Waals surface area contributed by atoms with Crippen LogP contribution in [0.25, 0.3) is 0 Å². The van der Waals surface area contributed by atoms with E-state index >= 15 is 0 Å². The number of hydrogen-bond donors (Lipinski definition) is 1. The van der Waals surface area contributed by atoms with Crippen LogP contribution in [0, 0.1) is 11.7 Å². The Hall–Kier alpha value is -1.39. The highest BCUT2D eigenvalue weighted by Gasteiger charge is 2.20. The molecule has 2 nitrogen and oxygen atoms in total. The molecule has 0 bridgehead atoms. The fourth-order valence-electron chi connectivity index (χ4n) is 2.20. The summed E-state index contributed by atoms with van der Waals surface area (Å²) in [5.74, 6) is -0.439. The van der Waals surface area contributed by atoms with Gasteiger partial charge in [0, 0.05) is 9.50 Å². The number of amides is 1. The molecule has 2 aromatic carbocycles. The molecule has 1 unspecified atom stereocenters. The smallest absolute Gasteiger partial charge is 0.252 e. The van der Waals surface area contributed by atoms with Gasteiger partial charge in [-0.3, -0.25) is 4.79 Å². The average molecular weight is 385 g/mol. The van der Waals surface area contributed by atoms with Gasteiger partial charge in [-0.25, -0.2) is 4.39 Å². The Bertz CT molecular complexity index is 673. The standard InChI is InChI=1S/C17H16BrClFNO/c1-10(2)16(11-3-5-12(19)6-4-11)21-17(22)14-8-7-13(20)9-15(14)18/h3-10,16H,1-2H3,(H,21,22). The Labute approximate surface area is 142 Å². The molecule has 5 heteroatoms. The van der Waals surface area contributed by atoms with E-state index in [4.69, 9.17) is 11.6 Å². The van der Waals surface area contributed by atoms with Crippen LogP contribution in [0.4, 0.5) is 4.39 Å². The van der Waals surface area contributed by atoms with Crippen molar-refractivity contribution >= 4 is 33.4 Å². The molecule has 2 rings (SSSR count). The Balaban J connectivity index is 2.24. The third-order valence-corrected chi connectivity index (χ3v) is 4.27. The van der Waals surface area contributed by atoms with E-state index < -0.39 is 0 Å². The quantitative estimate of drug-likeness (QED) is 0.754. The Morgan fingerprint density at radius 3 is 2.36 bits per heavy atom. The lowest BCUT2D eigenvalue weighted by atomic mass is 9.95. The van der Waals surface area contributed by atoms with Crippen LogP contribution < -0.4 is 5.32 Å². The first-order chi connectivity index (χ1) is 10.4. The van der Waals surface area contributed by atoms with Gasteiger partial charge < -0.3 is 5.32 Å². The summed E-state index contributed by atoms with van der Waals surface area (Å²) in [6.45, 7) is 4.05. The maximum Gasteiger partial charge on any atom is 0.252 e. The van der Waals surface area contributed by atoms with Crippen molar-refractivity contribution in [2.45, 2.75) is 19.9 Å². The van der Waals surface area contributed by atoms with E-state index in [1.807, 2.05) is 26.0 Å². The van der Waals surface area contributed by atoms with E-state index in [9.17, 15) is 9.18 Å². The molecule has 116 valence electrons. The van der Waals surface area contributed by atoms with E-state index in [1.54, 1.807) is 12.1 Å². The van der Waals surface area contributed by atoms with Crippen LogP contribution in [0.1, 0.15) is 35.8 Å². The lowest BCUT2D eigenvalue weighted by molar-refractivity contribution is 0.0925. The summed E-state index contributed by atoms with van der Waals surface area (Å²) >= 11 is 9.13. The maximum atomic E-state index is 13.1. The fraction of sp³-hybridized carbons (Fsp3) is 0.235. The monoisotopic (exact) mass is 383 g/mol. The predicted molar refractivity (Wildman–Crippen MR) is 90.6 cm³/mol. The third-order valence-electron chi connectivity index (χ3n) is 3.36. The van der Waals surface area contributed by atoms with Gasteiger partial charge in [-0.05, 0) is 57.7 Å². The molecule has 0 spiro atoms. The van der Waals surface area contributed by atoms with Gasteiger partial charge in [0.1, 0.15) is 5.82 Å². The Kier molecular flexibility index (Phi) is 5.59. The normalized spacial score (nSPS) is 12.3. The van der Waals surface area contributed by atoms with Crippen molar-refractivity contribution in [1.82, 2.24) is 5.32 Å². The van der Waals surface area contributed by atoms with Crippen molar-refractivity contribution in [3.63, 3.8) is 0 Å². The van der Waals surface area contributed by atoms with Crippen molar-refractivity contribution in [3.05, 3.63) is 68.9 Å². The van der Waals surface area contributed by atoms with E-state index in [1.165, 1.54) is 18.2 Å². The lowest BCUT2D eigenvalue weighted by Gasteiger charge is -2.23. The van der Waals surface area contributed by atoms with Gasteiger partial charge in [0.15, 0.2) is 0 Å². The van der Waals surface area contributed by atoms with Crippen LogP contribution in [0.2, 0.25) is 5.02 Å². The van der Waals surface area contributed by atoms with E-state index in [-0.39, 0.29) is 23.7 Å². The summed E-state index contributed by atoms with van der Waals surface area (Å²) in [6.07, 6.45) is 0. The zero-order chi connectivity index (χ0) is 16.3. The lowest BCUT2D eigenvalue weighted by Crippen LogP contribution is -2.32. The molecular formula is C17H16BrClFNO. The minimum absolute atomic E-state index is 0.151. The van der Waals surface area contributed by atoms with Crippen molar-refractivity contribution in [3.8, 4) is 0 Å². The number of carbonyl (C=O) groups excluding carboxylic acids is 1. The van der Waals surface area contributed by atoms with E-state index in [2.05, 4.69) is 21.2 Å². The minimum atomic E-state index is -0.387. The highest BCUT2D eigenvalue weighted by molar-refractivity contribution is 9.10. The molecule has 1 N–H and O–H groups in total. The van der Waals surface area contributed by atoms with Gasteiger partial charge in [-0.1, -0.05) is 37.6 Å². The molecule has 2 aromatic rings. The molecule has 22 heavy (non-hydrogen) atoms. The maximum absolute atomic E-state index is 13.1. The molecule has 0 radical (unpaired) electrons. The third kappa shape index (κ3) is 4.08. The van der Waals surface area contributed by atoms with Crippen LogP contribution in [0.15, 0.2) is 46.9 Å². The van der Waals surface area contributed by atoms with Crippen LogP contribution in [0.5, 0.6) is 0 Å². The largest absolute Gasteiger partial charge is 0.345 e. The predicted octanol–water partition coefficient (Wildman–Crippen LogP) is 5.37. The number of rotatable bonds is 4. The summed E-state index contributed by atoms with van der Waals surface area (Å²) in [5.41, 5.74) is 1.38. The highest BCUT2D eigenvalue weighted by Crippen LogP contribution is 2.25. The molecule has 1 atom stereocenters. The molecule has 0 saturated heterocycles.